The highest BCUT2D eigenvalue weighted by atomic mass is 32.2. The standard InChI is InChI=1S/C18H14N4O6S2/c19-17(24)16(23)15(13-3-1-2-4-14(13)22(25)26)11-5-7-12(8-6-11)30(27,28)21-18-20-9-10-29-18/h1-10,15H,(H2,19,24)(H,20,21). The fraction of sp³-hybridized carbons (Fsp3) is 0.0556. The van der Waals surface area contributed by atoms with Gasteiger partial charge in [0.25, 0.3) is 21.6 Å². The van der Waals surface area contributed by atoms with Crippen LogP contribution in [0, 0.1) is 10.1 Å². The Morgan fingerprint density at radius 3 is 2.37 bits per heavy atom. The first kappa shape index (κ1) is 21.1. The van der Waals surface area contributed by atoms with E-state index in [0.29, 0.717) is 0 Å². The summed E-state index contributed by atoms with van der Waals surface area (Å²) in [5, 5.41) is 13.2. The summed E-state index contributed by atoms with van der Waals surface area (Å²) in [6, 6.07) is 10.5. The number of nitrogens with zero attached hydrogens (tertiary/aromatic N) is 2. The molecule has 12 heteroatoms. The average Bonchev–Trinajstić information content (AvgIpc) is 3.21. The van der Waals surface area contributed by atoms with Crippen LogP contribution in [0.3, 0.4) is 0 Å². The molecule has 0 aliphatic carbocycles. The maximum Gasteiger partial charge on any atom is 0.285 e. The second-order valence-corrected chi connectivity index (χ2v) is 8.57. The maximum absolute atomic E-state index is 12.5. The molecule has 0 fully saturated rings. The first-order valence-corrected chi connectivity index (χ1v) is 10.7. The van der Waals surface area contributed by atoms with Crippen molar-refractivity contribution in [3.8, 4) is 0 Å². The molecular formula is C18H14N4O6S2. The number of hydrogen-bond donors (Lipinski definition) is 2. The van der Waals surface area contributed by atoms with Crippen LogP contribution in [0.4, 0.5) is 10.8 Å². The van der Waals surface area contributed by atoms with Crippen LogP contribution in [0.25, 0.3) is 0 Å². The molecule has 0 bridgehead atoms. The number of carbonyl (C=O) groups excluding carboxylic acids is 2. The van der Waals surface area contributed by atoms with Crippen LogP contribution in [-0.2, 0) is 19.6 Å². The van der Waals surface area contributed by atoms with Crippen molar-refractivity contribution in [2.45, 2.75) is 10.8 Å². The Balaban J connectivity index is 2.03. The topological polar surface area (TPSA) is 162 Å². The molecule has 1 atom stereocenters. The van der Waals surface area contributed by atoms with E-state index in [-0.39, 0.29) is 26.8 Å². The summed E-state index contributed by atoms with van der Waals surface area (Å²) in [7, 11) is -3.94. The molecular weight excluding hydrogens is 432 g/mol. The monoisotopic (exact) mass is 446 g/mol. The van der Waals surface area contributed by atoms with Crippen molar-refractivity contribution >= 4 is 43.9 Å². The van der Waals surface area contributed by atoms with Gasteiger partial charge in [-0.1, -0.05) is 30.3 Å². The van der Waals surface area contributed by atoms with Crippen molar-refractivity contribution in [2.75, 3.05) is 4.72 Å². The van der Waals surface area contributed by atoms with Crippen molar-refractivity contribution < 1.29 is 22.9 Å². The number of carbonyl (C=O) groups is 2. The lowest BCUT2D eigenvalue weighted by atomic mass is 9.86. The number of rotatable bonds is 8. The number of benzene rings is 2. The fourth-order valence-corrected chi connectivity index (χ4v) is 4.59. The van der Waals surface area contributed by atoms with Gasteiger partial charge in [0, 0.05) is 23.2 Å². The number of nitro benzene ring substituents is 1. The van der Waals surface area contributed by atoms with E-state index in [0.717, 1.165) is 11.3 Å². The summed E-state index contributed by atoms with van der Waals surface area (Å²) in [6.45, 7) is 0. The number of sulfonamides is 1. The molecule has 1 amide bonds. The van der Waals surface area contributed by atoms with Gasteiger partial charge in [-0.25, -0.2) is 13.4 Å². The second kappa shape index (κ2) is 8.39. The molecule has 0 aliphatic heterocycles. The molecule has 0 aliphatic rings. The Morgan fingerprint density at radius 1 is 1.13 bits per heavy atom. The average molecular weight is 446 g/mol. The molecule has 0 saturated heterocycles. The van der Waals surface area contributed by atoms with Crippen LogP contribution < -0.4 is 10.5 Å². The zero-order chi connectivity index (χ0) is 21.9. The van der Waals surface area contributed by atoms with E-state index >= 15 is 0 Å². The van der Waals surface area contributed by atoms with E-state index in [2.05, 4.69) is 9.71 Å². The quantitative estimate of drug-likeness (QED) is 0.304. The van der Waals surface area contributed by atoms with Crippen molar-refractivity contribution in [3.63, 3.8) is 0 Å². The molecule has 3 N–H and O–H groups in total. The van der Waals surface area contributed by atoms with Gasteiger partial charge >= 0.3 is 0 Å². The minimum absolute atomic E-state index is 0.0252. The summed E-state index contributed by atoms with van der Waals surface area (Å²) >= 11 is 1.10. The van der Waals surface area contributed by atoms with E-state index in [1.807, 2.05) is 0 Å². The number of nitro groups is 1. The lowest BCUT2D eigenvalue weighted by Gasteiger charge is -2.16. The smallest absolute Gasteiger partial charge is 0.285 e. The molecule has 2 aromatic carbocycles. The fourth-order valence-electron chi connectivity index (χ4n) is 2.80. The molecule has 3 rings (SSSR count). The Labute approximate surface area is 174 Å². The largest absolute Gasteiger partial charge is 0.363 e. The number of aromatic nitrogens is 1. The highest BCUT2D eigenvalue weighted by Crippen LogP contribution is 2.33. The Morgan fingerprint density at radius 2 is 1.80 bits per heavy atom. The first-order chi connectivity index (χ1) is 14.2. The van der Waals surface area contributed by atoms with Crippen molar-refractivity contribution in [1.29, 1.82) is 0 Å². The second-order valence-electron chi connectivity index (χ2n) is 5.99. The number of nitrogens with two attached hydrogens (primary N) is 1. The van der Waals surface area contributed by atoms with Gasteiger partial charge in [-0.05, 0) is 17.7 Å². The van der Waals surface area contributed by atoms with Gasteiger partial charge in [0.15, 0.2) is 5.13 Å². The molecule has 30 heavy (non-hydrogen) atoms. The van der Waals surface area contributed by atoms with Gasteiger partial charge < -0.3 is 5.73 Å². The van der Waals surface area contributed by atoms with Crippen LogP contribution >= 0.6 is 11.3 Å². The number of primary amides is 1. The van der Waals surface area contributed by atoms with Gasteiger partial charge in [0.05, 0.1) is 15.7 Å². The number of thiazole rings is 1. The van der Waals surface area contributed by atoms with Crippen molar-refractivity contribution in [3.05, 3.63) is 81.3 Å². The van der Waals surface area contributed by atoms with Crippen LogP contribution in [0.5, 0.6) is 0 Å². The summed E-state index contributed by atoms with van der Waals surface area (Å²) < 4.78 is 27.2. The molecule has 154 valence electrons. The number of hydrogen-bond acceptors (Lipinski definition) is 8. The Bertz CT molecular complexity index is 1210. The zero-order valence-electron chi connectivity index (χ0n) is 15.1. The first-order valence-electron chi connectivity index (χ1n) is 8.30. The van der Waals surface area contributed by atoms with E-state index in [1.54, 1.807) is 5.38 Å². The minimum atomic E-state index is -3.94. The third-order valence-electron chi connectivity index (χ3n) is 4.13. The number of Topliss-reactive ketones (excluding diaryl/α,β-unsaturated/α-hetero) is 1. The normalized spacial score (nSPS) is 12.1. The van der Waals surface area contributed by atoms with E-state index in [4.69, 9.17) is 5.73 Å². The van der Waals surface area contributed by atoms with E-state index in [1.165, 1.54) is 54.7 Å². The number of ketones is 1. The zero-order valence-corrected chi connectivity index (χ0v) is 16.7. The highest BCUT2D eigenvalue weighted by Gasteiger charge is 2.32. The molecule has 3 aromatic rings. The summed E-state index contributed by atoms with van der Waals surface area (Å²) in [4.78, 5) is 38.5. The van der Waals surface area contributed by atoms with E-state index in [9.17, 15) is 28.1 Å². The molecule has 1 unspecified atom stereocenters. The summed E-state index contributed by atoms with van der Waals surface area (Å²) in [5.41, 5.74) is 4.94. The predicted octanol–water partition coefficient (Wildman–Crippen LogP) is 2.04. The molecule has 0 radical (unpaired) electrons. The number of para-hydroxylation sites is 1. The van der Waals surface area contributed by atoms with Gasteiger partial charge in [-0.3, -0.25) is 24.4 Å². The molecule has 0 saturated carbocycles. The van der Waals surface area contributed by atoms with Gasteiger partial charge in [-0.2, -0.15) is 0 Å². The van der Waals surface area contributed by atoms with Gasteiger partial charge in [-0.15, -0.1) is 11.3 Å². The van der Waals surface area contributed by atoms with Crippen molar-refractivity contribution in [1.82, 2.24) is 4.98 Å². The van der Waals surface area contributed by atoms with Crippen LogP contribution in [0.15, 0.2) is 65.0 Å². The Hall–Kier alpha value is -3.64. The number of anilines is 1. The van der Waals surface area contributed by atoms with E-state index < -0.39 is 32.6 Å². The Kier molecular flexibility index (Phi) is 5.89. The predicted molar refractivity (Wildman–Crippen MR) is 109 cm³/mol. The van der Waals surface area contributed by atoms with Crippen LogP contribution in [0.1, 0.15) is 17.0 Å². The number of nitrogens with one attached hydrogen (secondary N) is 1. The lowest BCUT2D eigenvalue weighted by molar-refractivity contribution is -0.385. The summed E-state index contributed by atoms with van der Waals surface area (Å²) in [5.74, 6) is -3.67. The highest BCUT2D eigenvalue weighted by molar-refractivity contribution is 7.93. The van der Waals surface area contributed by atoms with Crippen molar-refractivity contribution in [2.24, 2.45) is 5.73 Å². The third kappa shape index (κ3) is 4.34. The SMILES string of the molecule is NC(=O)C(=O)C(c1ccc(S(=O)(=O)Nc2nccs2)cc1)c1ccccc1[N+](=O)[O-]. The van der Waals surface area contributed by atoms with Gasteiger partial charge in [0.1, 0.15) is 0 Å². The molecule has 10 nitrogen and oxygen atoms in total. The minimum Gasteiger partial charge on any atom is -0.363 e. The molecule has 1 aromatic heterocycles. The molecule has 1 heterocycles. The summed E-state index contributed by atoms with van der Waals surface area (Å²) in [6.07, 6.45) is 1.44. The molecule has 0 spiro atoms. The lowest BCUT2D eigenvalue weighted by Crippen LogP contribution is -2.30. The van der Waals surface area contributed by atoms with Gasteiger partial charge in [0.2, 0.25) is 5.78 Å². The third-order valence-corrected chi connectivity index (χ3v) is 6.30. The maximum atomic E-state index is 12.5. The van der Waals surface area contributed by atoms with Crippen LogP contribution in [0.2, 0.25) is 0 Å². The number of amides is 1. The van der Waals surface area contributed by atoms with Crippen LogP contribution in [-0.4, -0.2) is 30.0 Å².